The Bertz CT molecular complexity index is 909. The van der Waals surface area contributed by atoms with Crippen LogP contribution in [0.2, 0.25) is 0 Å². The minimum absolute atomic E-state index is 0.0366. The fraction of sp³-hybridized carbons (Fsp3) is 0.762. The molecule has 1 atom stereocenters. The van der Waals surface area contributed by atoms with E-state index in [1.807, 2.05) is 4.68 Å². The summed E-state index contributed by atoms with van der Waals surface area (Å²) in [5.41, 5.74) is 2.47. The fourth-order valence-corrected chi connectivity index (χ4v) is 5.18. The van der Waals surface area contributed by atoms with Gasteiger partial charge in [0.15, 0.2) is 5.69 Å². The van der Waals surface area contributed by atoms with Crippen molar-refractivity contribution in [3.05, 3.63) is 17.0 Å². The summed E-state index contributed by atoms with van der Waals surface area (Å²) in [4.78, 5) is 25.4. The number of aromatic nitrogens is 2. The Balaban J connectivity index is 1.83. The lowest BCUT2D eigenvalue weighted by Crippen LogP contribution is -2.39. The van der Waals surface area contributed by atoms with E-state index in [2.05, 4.69) is 29.6 Å². The number of hydrogen-bond donors (Lipinski definition) is 2. The lowest BCUT2D eigenvalue weighted by Gasteiger charge is -2.25. The summed E-state index contributed by atoms with van der Waals surface area (Å²) >= 11 is 0. The summed E-state index contributed by atoms with van der Waals surface area (Å²) in [6.07, 6.45) is 5.61. The number of amides is 2. The molecule has 0 spiro atoms. The van der Waals surface area contributed by atoms with Crippen LogP contribution in [0.4, 0.5) is 0 Å². The largest absolute Gasteiger partial charge is 0.353 e. The van der Waals surface area contributed by atoms with Gasteiger partial charge in [-0.15, -0.1) is 0 Å². The summed E-state index contributed by atoms with van der Waals surface area (Å²) in [6, 6.07) is -0.0366. The number of aryl methyl sites for hydroxylation is 1. The molecule has 2 aliphatic rings. The predicted octanol–water partition coefficient (Wildman–Crippen LogP) is 1.08. The van der Waals surface area contributed by atoms with Crippen molar-refractivity contribution in [1.29, 1.82) is 0 Å². The molecule has 174 valence electrons. The molecule has 2 amide bonds. The Morgan fingerprint density at radius 2 is 1.90 bits per heavy atom. The molecule has 2 heterocycles. The summed E-state index contributed by atoms with van der Waals surface area (Å²) in [5.74, 6) is 0.235. The van der Waals surface area contributed by atoms with Gasteiger partial charge in [0.05, 0.1) is 6.26 Å². The molecule has 9 nitrogen and oxygen atoms in total. The van der Waals surface area contributed by atoms with Gasteiger partial charge < -0.3 is 10.6 Å². The number of carbonyl (C=O) groups is 2. The number of sulfonamides is 1. The molecule has 31 heavy (non-hydrogen) atoms. The van der Waals surface area contributed by atoms with E-state index in [4.69, 9.17) is 0 Å². The topological polar surface area (TPSA) is 113 Å². The van der Waals surface area contributed by atoms with Crippen molar-refractivity contribution in [2.75, 3.05) is 25.9 Å². The summed E-state index contributed by atoms with van der Waals surface area (Å²) in [5, 5.41) is 10.6. The minimum atomic E-state index is -3.36. The molecule has 10 heteroatoms. The highest BCUT2D eigenvalue weighted by molar-refractivity contribution is 7.88. The number of hydrogen-bond acceptors (Lipinski definition) is 5. The minimum Gasteiger partial charge on any atom is -0.353 e. The van der Waals surface area contributed by atoms with Crippen LogP contribution < -0.4 is 10.6 Å². The highest BCUT2D eigenvalue weighted by Crippen LogP contribution is 2.26. The van der Waals surface area contributed by atoms with Gasteiger partial charge in [0.25, 0.3) is 5.91 Å². The molecule has 2 N–H and O–H groups in total. The van der Waals surface area contributed by atoms with Gasteiger partial charge in [0, 0.05) is 49.9 Å². The smallest absolute Gasteiger partial charge is 0.272 e. The van der Waals surface area contributed by atoms with Gasteiger partial charge in [-0.3, -0.25) is 14.3 Å². The van der Waals surface area contributed by atoms with E-state index in [0.29, 0.717) is 50.5 Å². The maximum Gasteiger partial charge on any atom is 0.272 e. The van der Waals surface area contributed by atoms with Crippen molar-refractivity contribution in [3.8, 4) is 0 Å². The molecule has 0 saturated heterocycles. The molecule has 0 radical (unpaired) electrons. The molecule has 1 unspecified atom stereocenters. The molecule has 1 aliphatic heterocycles. The third-order valence-electron chi connectivity index (χ3n) is 6.00. The molecule has 1 aromatic rings. The molecule has 0 aromatic carbocycles. The van der Waals surface area contributed by atoms with Gasteiger partial charge >= 0.3 is 0 Å². The maximum absolute atomic E-state index is 12.9. The van der Waals surface area contributed by atoms with Crippen LogP contribution in [0.5, 0.6) is 0 Å². The second-order valence-electron chi connectivity index (χ2n) is 9.06. The van der Waals surface area contributed by atoms with Crippen LogP contribution >= 0.6 is 0 Å². The Hall–Kier alpha value is -1.94. The summed E-state index contributed by atoms with van der Waals surface area (Å²) < 4.78 is 27.4. The van der Waals surface area contributed by atoms with E-state index < -0.39 is 10.0 Å². The first-order chi connectivity index (χ1) is 14.6. The van der Waals surface area contributed by atoms with E-state index in [0.717, 1.165) is 37.1 Å². The van der Waals surface area contributed by atoms with E-state index in [9.17, 15) is 18.0 Å². The van der Waals surface area contributed by atoms with Gasteiger partial charge in [0.2, 0.25) is 15.9 Å². The number of rotatable bonds is 4. The fourth-order valence-electron chi connectivity index (χ4n) is 4.26. The quantitative estimate of drug-likeness (QED) is 0.708. The first-order valence-electron chi connectivity index (χ1n) is 11.3. The lowest BCUT2D eigenvalue weighted by molar-refractivity contribution is -0.122. The molecule has 3 rings (SSSR count). The average molecular weight is 454 g/mol. The summed E-state index contributed by atoms with van der Waals surface area (Å²) in [6.45, 7) is 6.09. The maximum atomic E-state index is 12.9. The SMILES string of the molecule is CC(C)CCn1nc2c3c1CCC(C3)NC(=O)CCCN(S(C)(=O)=O)CCCNC2=O. The van der Waals surface area contributed by atoms with Crippen LogP contribution in [0.3, 0.4) is 0 Å². The molecular weight excluding hydrogens is 418 g/mol. The third kappa shape index (κ3) is 6.29. The Morgan fingerprint density at radius 1 is 1.16 bits per heavy atom. The first-order valence-corrected chi connectivity index (χ1v) is 13.1. The van der Waals surface area contributed by atoms with Crippen molar-refractivity contribution in [2.45, 2.75) is 71.4 Å². The molecule has 2 bridgehead atoms. The molecule has 1 aromatic heterocycles. The van der Waals surface area contributed by atoms with Crippen LogP contribution in [-0.2, 0) is 34.2 Å². The van der Waals surface area contributed by atoms with Crippen LogP contribution in [-0.4, -0.2) is 66.2 Å². The lowest BCUT2D eigenvalue weighted by atomic mass is 9.91. The van der Waals surface area contributed by atoms with Crippen molar-refractivity contribution in [1.82, 2.24) is 24.7 Å². The van der Waals surface area contributed by atoms with Crippen LogP contribution in [0.1, 0.15) is 67.7 Å². The van der Waals surface area contributed by atoms with Gasteiger partial charge in [-0.05, 0) is 44.4 Å². The average Bonchev–Trinajstić information content (AvgIpc) is 3.04. The number of carbonyl (C=O) groups excluding carboxylic acids is 2. The molecule has 0 saturated carbocycles. The molecular formula is C21H35N5O4S. The number of fused-ring (bicyclic) bond motifs is 1. The Morgan fingerprint density at radius 3 is 2.61 bits per heavy atom. The van der Waals surface area contributed by atoms with Gasteiger partial charge in [-0.2, -0.15) is 5.10 Å². The van der Waals surface area contributed by atoms with Crippen LogP contribution in [0, 0.1) is 5.92 Å². The number of nitrogens with zero attached hydrogens (tertiary/aromatic N) is 3. The van der Waals surface area contributed by atoms with Gasteiger partial charge in [-0.1, -0.05) is 13.8 Å². The predicted molar refractivity (Wildman–Crippen MR) is 118 cm³/mol. The molecule has 1 aliphatic carbocycles. The van der Waals surface area contributed by atoms with Crippen LogP contribution in [0.25, 0.3) is 0 Å². The zero-order chi connectivity index (χ0) is 22.6. The highest BCUT2D eigenvalue weighted by Gasteiger charge is 2.30. The highest BCUT2D eigenvalue weighted by atomic mass is 32.2. The first kappa shape index (κ1) is 23.7. The zero-order valence-electron chi connectivity index (χ0n) is 18.8. The molecule has 0 fully saturated rings. The summed E-state index contributed by atoms with van der Waals surface area (Å²) in [7, 11) is -3.36. The van der Waals surface area contributed by atoms with Crippen molar-refractivity contribution in [3.63, 3.8) is 0 Å². The van der Waals surface area contributed by atoms with E-state index in [1.54, 1.807) is 0 Å². The Kier molecular flexibility index (Phi) is 7.74. The van der Waals surface area contributed by atoms with Crippen LogP contribution in [0.15, 0.2) is 0 Å². The van der Waals surface area contributed by atoms with Gasteiger partial charge in [0.1, 0.15) is 0 Å². The monoisotopic (exact) mass is 453 g/mol. The number of nitrogens with one attached hydrogen (secondary N) is 2. The van der Waals surface area contributed by atoms with Gasteiger partial charge in [-0.25, -0.2) is 12.7 Å². The Labute approximate surface area is 185 Å². The third-order valence-corrected chi connectivity index (χ3v) is 7.30. The van der Waals surface area contributed by atoms with Crippen molar-refractivity contribution in [2.24, 2.45) is 5.92 Å². The van der Waals surface area contributed by atoms with E-state index in [1.165, 1.54) is 10.6 Å². The normalized spacial score (nSPS) is 21.9. The zero-order valence-corrected chi connectivity index (χ0v) is 19.6. The van der Waals surface area contributed by atoms with E-state index >= 15 is 0 Å². The van der Waals surface area contributed by atoms with Crippen molar-refractivity contribution >= 4 is 21.8 Å². The second-order valence-corrected chi connectivity index (χ2v) is 11.0. The van der Waals surface area contributed by atoms with E-state index in [-0.39, 0.29) is 24.3 Å². The second kappa shape index (κ2) is 10.1. The standard InChI is InChI=1S/C21H35N5O4S/c1-15(2)9-13-26-18-8-7-16-14-17(18)20(24-26)21(28)22-10-5-12-25(31(3,29)30)11-4-6-19(27)23-16/h15-16H,4-14H2,1-3H3,(H,22,28)(H,23,27). The van der Waals surface area contributed by atoms with Crippen molar-refractivity contribution < 1.29 is 18.0 Å².